The maximum absolute atomic E-state index is 12.7. The van der Waals surface area contributed by atoms with Crippen molar-refractivity contribution >= 4 is 28.4 Å². The summed E-state index contributed by atoms with van der Waals surface area (Å²) in [6.45, 7) is 2.44. The van der Waals surface area contributed by atoms with Gasteiger partial charge in [-0.15, -0.1) is 0 Å². The quantitative estimate of drug-likeness (QED) is 0.689. The van der Waals surface area contributed by atoms with E-state index in [4.69, 9.17) is 16.3 Å². The molecule has 0 aliphatic carbocycles. The lowest BCUT2D eigenvalue weighted by molar-refractivity contribution is 0.442. The fraction of sp³-hybridized carbons (Fsp3) is 0.111. The zero-order chi connectivity index (χ0) is 17.4. The van der Waals surface area contributed by atoms with Gasteiger partial charge in [-0.1, -0.05) is 29.8 Å². The fourth-order valence-electron chi connectivity index (χ4n) is 2.61. The van der Waals surface area contributed by atoms with E-state index in [0.717, 1.165) is 16.0 Å². The molecule has 126 valence electrons. The van der Waals surface area contributed by atoms with Crippen molar-refractivity contribution in [2.45, 2.75) is 18.4 Å². The van der Waals surface area contributed by atoms with Crippen LogP contribution in [0.1, 0.15) is 11.1 Å². The summed E-state index contributed by atoms with van der Waals surface area (Å²) in [5.74, 6) is 1.16. The van der Waals surface area contributed by atoms with E-state index >= 15 is 0 Å². The van der Waals surface area contributed by atoms with Gasteiger partial charge in [0.25, 0.3) is 0 Å². The van der Waals surface area contributed by atoms with E-state index in [9.17, 15) is 4.21 Å². The molecule has 1 aliphatic heterocycles. The third kappa shape index (κ3) is 3.10. The first kappa shape index (κ1) is 16.1. The molecule has 0 N–H and O–H groups in total. The molecule has 1 aromatic heterocycles. The fourth-order valence-corrected chi connectivity index (χ4v) is 4.04. The zero-order valence-corrected chi connectivity index (χ0v) is 14.9. The molecule has 25 heavy (non-hydrogen) atoms. The molecule has 7 heteroatoms. The molecule has 0 amide bonds. The van der Waals surface area contributed by atoms with Crippen LogP contribution in [-0.4, -0.2) is 14.2 Å². The Bertz CT molecular complexity index is 980. The highest BCUT2D eigenvalue weighted by molar-refractivity contribution is 7.86. The minimum absolute atomic E-state index is 0.201. The number of fused-ring (bicyclic) bond motifs is 1. The molecule has 4 rings (SSSR count). The Hall–Kier alpha value is -2.44. The molecule has 1 aliphatic rings. The number of benzene rings is 2. The average Bonchev–Trinajstić information content (AvgIpc) is 2.96. The van der Waals surface area contributed by atoms with Crippen molar-refractivity contribution in [3.05, 3.63) is 70.9 Å². The van der Waals surface area contributed by atoms with Crippen LogP contribution in [0.3, 0.4) is 0 Å². The van der Waals surface area contributed by atoms with Gasteiger partial charge in [0.1, 0.15) is 11.6 Å². The van der Waals surface area contributed by atoms with Gasteiger partial charge in [0.15, 0.2) is 11.0 Å². The van der Waals surface area contributed by atoms with Crippen molar-refractivity contribution in [1.29, 1.82) is 0 Å². The van der Waals surface area contributed by atoms with Gasteiger partial charge in [0.05, 0.1) is 11.4 Å². The Morgan fingerprint density at radius 1 is 1.20 bits per heavy atom. The minimum Gasteiger partial charge on any atom is -0.424 e. The maximum Gasteiger partial charge on any atom is 0.323 e. The van der Waals surface area contributed by atoms with Gasteiger partial charge in [0.2, 0.25) is 0 Å². The number of nitrogens with zero attached hydrogens (tertiary/aromatic N) is 3. The summed E-state index contributed by atoms with van der Waals surface area (Å²) >= 11 is 6.03. The van der Waals surface area contributed by atoms with Crippen LogP contribution in [0.25, 0.3) is 0 Å². The number of aryl methyl sites for hydroxylation is 1. The second-order valence-electron chi connectivity index (χ2n) is 5.60. The van der Waals surface area contributed by atoms with Crippen LogP contribution in [0.4, 0.5) is 5.82 Å². The standard InChI is InChI=1S/C18H14ClN3O2S/c1-12-10-14(6-7-15(12)19)24-18-20-9-8-17(21-18)22-11-13-4-2-3-5-16(13)25(22)23/h2-10H,11H2,1H3. The van der Waals surface area contributed by atoms with Crippen LogP contribution < -0.4 is 9.04 Å². The highest BCUT2D eigenvalue weighted by atomic mass is 35.5. The lowest BCUT2D eigenvalue weighted by Gasteiger charge is -2.15. The summed E-state index contributed by atoms with van der Waals surface area (Å²) < 4.78 is 20.1. The maximum atomic E-state index is 12.7. The van der Waals surface area contributed by atoms with Crippen molar-refractivity contribution in [3.8, 4) is 11.8 Å². The van der Waals surface area contributed by atoms with E-state index in [1.165, 1.54) is 0 Å². The summed E-state index contributed by atoms with van der Waals surface area (Å²) in [4.78, 5) is 9.36. The van der Waals surface area contributed by atoms with Crippen LogP contribution in [0.5, 0.6) is 11.8 Å². The first-order chi connectivity index (χ1) is 12.1. The van der Waals surface area contributed by atoms with Gasteiger partial charge in [-0.3, -0.25) is 4.31 Å². The summed E-state index contributed by atoms with van der Waals surface area (Å²) in [5.41, 5.74) is 1.95. The molecule has 3 aromatic rings. The van der Waals surface area contributed by atoms with Gasteiger partial charge in [-0.05, 0) is 42.3 Å². The number of hydrogen-bond acceptors (Lipinski definition) is 4. The topological polar surface area (TPSA) is 55.3 Å². The zero-order valence-electron chi connectivity index (χ0n) is 13.3. The van der Waals surface area contributed by atoms with E-state index in [1.54, 1.807) is 28.7 Å². The third-order valence-electron chi connectivity index (χ3n) is 3.89. The van der Waals surface area contributed by atoms with E-state index in [-0.39, 0.29) is 6.01 Å². The number of anilines is 1. The first-order valence-electron chi connectivity index (χ1n) is 7.66. The van der Waals surface area contributed by atoms with Gasteiger partial charge in [0, 0.05) is 17.3 Å². The highest BCUT2D eigenvalue weighted by Gasteiger charge is 2.28. The largest absolute Gasteiger partial charge is 0.424 e. The third-order valence-corrected chi connectivity index (χ3v) is 5.80. The van der Waals surface area contributed by atoms with Gasteiger partial charge >= 0.3 is 6.01 Å². The summed E-state index contributed by atoms with van der Waals surface area (Å²) in [6, 6.07) is 15.0. The lowest BCUT2D eigenvalue weighted by atomic mass is 10.2. The molecule has 2 heterocycles. The van der Waals surface area contributed by atoms with Gasteiger partial charge in [-0.25, -0.2) is 9.19 Å². The Labute approximate surface area is 152 Å². The lowest BCUT2D eigenvalue weighted by Crippen LogP contribution is -2.19. The molecule has 0 radical (unpaired) electrons. The molecule has 2 aromatic carbocycles. The monoisotopic (exact) mass is 371 g/mol. The second kappa shape index (κ2) is 6.46. The smallest absolute Gasteiger partial charge is 0.323 e. The summed E-state index contributed by atoms with van der Waals surface area (Å²) in [5, 5.41) is 0.673. The molecule has 0 bridgehead atoms. The molecule has 1 atom stereocenters. The second-order valence-corrected chi connectivity index (χ2v) is 7.39. The predicted molar refractivity (Wildman–Crippen MR) is 97.3 cm³/mol. The van der Waals surface area contributed by atoms with E-state index in [1.807, 2.05) is 37.3 Å². The summed E-state index contributed by atoms with van der Waals surface area (Å²) in [6.07, 6.45) is 1.60. The Balaban J connectivity index is 1.60. The minimum atomic E-state index is -1.28. The van der Waals surface area contributed by atoms with Crippen LogP contribution >= 0.6 is 11.6 Å². The number of ether oxygens (including phenoxy) is 1. The average molecular weight is 372 g/mol. The normalized spacial score (nSPS) is 15.9. The number of aromatic nitrogens is 2. The Morgan fingerprint density at radius 2 is 2.04 bits per heavy atom. The molecule has 0 saturated heterocycles. The number of halogens is 1. The van der Waals surface area contributed by atoms with Crippen molar-refractivity contribution in [1.82, 2.24) is 9.97 Å². The molecule has 5 nitrogen and oxygen atoms in total. The molecule has 1 unspecified atom stereocenters. The summed E-state index contributed by atoms with van der Waals surface area (Å²) in [7, 11) is -1.28. The van der Waals surface area contributed by atoms with Crippen LogP contribution in [0.15, 0.2) is 59.6 Å². The Morgan fingerprint density at radius 3 is 2.84 bits per heavy atom. The van der Waals surface area contributed by atoms with Gasteiger partial charge in [-0.2, -0.15) is 4.98 Å². The van der Waals surface area contributed by atoms with Crippen molar-refractivity contribution in [2.24, 2.45) is 0 Å². The van der Waals surface area contributed by atoms with Crippen molar-refractivity contribution < 1.29 is 8.95 Å². The predicted octanol–water partition coefficient (Wildman–Crippen LogP) is 4.27. The first-order valence-corrected chi connectivity index (χ1v) is 9.15. The Kier molecular flexibility index (Phi) is 4.15. The van der Waals surface area contributed by atoms with E-state index in [2.05, 4.69) is 9.97 Å². The molecular formula is C18H14ClN3O2S. The highest BCUT2D eigenvalue weighted by Crippen LogP contribution is 2.31. The van der Waals surface area contributed by atoms with Crippen LogP contribution in [0, 0.1) is 6.92 Å². The van der Waals surface area contributed by atoms with Crippen LogP contribution in [0.2, 0.25) is 5.02 Å². The van der Waals surface area contributed by atoms with Crippen LogP contribution in [-0.2, 0) is 17.5 Å². The number of rotatable bonds is 3. The van der Waals surface area contributed by atoms with Gasteiger partial charge < -0.3 is 4.74 Å². The molecule has 0 fully saturated rings. The van der Waals surface area contributed by atoms with E-state index in [0.29, 0.717) is 23.1 Å². The molecule has 0 saturated carbocycles. The number of hydrogen-bond donors (Lipinski definition) is 0. The molecule has 0 spiro atoms. The SMILES string of the molecule is Cc1cc(Oc2nccc(N3Cc4ccccc4S3=O)n2)ccc1Cl. The van der Waals surface area contributed by atoms with E-state index < -0.39 is 11.0 Å². The molecular weight excluding hydrogens is 358 g/mol. The van der Waals surface area contributed by atoms with Crippen molar-refractivity contribution in [2.75, 3.05) is 4.31 Å². The van der Waals surface area contributed by atoms with Crippen molar-refractivity contribution in [3.63, 3.8) is 0 Å².